The first-order chi connectivity index (χ1) is 13.0. The van der Waals surface area contributed by atoms with Gasteiger partial charge in [0.25, 0.3) is 0 Å². The number of nitrogens with two attached hydrogens (primary N) is 1. The fraction of sp³-hybridized carbons (Fsp3) is 0.333. The van der Waals surface area contributed by atoms with Crippen LogP contribution in [0.4, 0.5) is 9.18 Å². The fourth-order valence-corrected chi connectivity index (χ4v) is 3.48. The third-order valence-corrected chi connectivity index (χ3v) is 4.94. The zero-order valence-corrected chi connectivity index (χ0v) is 16.2. The minimum Gasteiger partial charge on any atom is -0.440 e. The Morgan fingerprint density at radius 3 is 2.25 bits per heavy atom. The molecular formula is C21H24ClFN2O3. The normalized spacial score (nSPS) is 16.0. The van der Waals surface area contributed by atoms with Crippen LogP contribution in [-0.4, -0.2) is 36.4 Å². The molecule has 2 aromatic carbocycles. The van der Waals surface area contributed by atoms with Gasteiger partial charge in [0.2, 0.25) is 0 Å². The molecule has 1 saturated heterocycles. The molecule has 0 spiro atoms. The summed E-state index contributed by atoms with van der Waals surface area (Å²) in [5.41, 5.74) is 6.66. The number of rotatable bonds is 6. The van der Waals surface area contributed by atoms with Gasteiger partial charge in [-0.3, -0.25) is 9.69 Å². The quantitative estimate of drug-likeness (QED) is 0.736. The van der Waals surface area contributed by atoms with Gasteiger partial charge in [-0.1, -0.05) is 30.3 Å². The van der Waals surface area contributed by atoms with Crippen molar-refractivity contribution >= 4 is 24.3 Å². The van der Waals surface area contributed by atoms with Gasteiger partial charge in [-0.25, -0.2) is 9.18 Å². The number of nitrogens with zero attached hydrogens (tertiary/aromatic N) is 1. The number of halogens is 2. The van der Waals surface area contributed by atoms with E-state index in [2.05, 4.69) is 4.90 Å². The summed E-state index contributed by atoms with van der Waals surface area (Å²) in [6, 6.07) is 15.2. The van der Waals surface area contributed by atoms with Crippen LogP contribution in [0.15, 0.2) is 54.6 Å². The summed E-state index contributed by atoms with van der Waals surface area (Å²) in [5, 5.41) is 0. The summed E-state index contributed by atoms with van der Waals surface area (Å²) in [4.78, 5) is 26.0. The van der Waals surface area contributed by atoms with Crippen LogP contribution in [-0.2, 0) is 4.74 Å². The number of likely N-dealkylation sites (tertiary alicyclic amines) is 1. The number of ketones is 1. The van der Waals surface area contributed by atoms with Crippen molar-refractivity contribution in [2.45, 2.75) is 18.9 Å². The van der Waals surface area contributed by atoms with E-state index in [0.29, 0.717) is 24.9 Å². The van der Waals surface area contributed by atoms with E-state index in [9.17, 15) is 14.0 Å². The lowest BCUT2D eigenvalue weighted by atomic mass is 9.88. The topological polar surface area (TPSA) is 72.6 Å². The Balaban J connectivity index is 0.00000280. The minimum atomic E-state index is -0.801. The van der Waals surface area contributed by atoms with Gasteiger partial charge in [-0.2, -0.15) is 0 Å². The summed E-state index contributed by atoms with van der Waals surface area (Å²) in [6.07, 6.45) is 0.195. The van der Waals surface area contributed by atoms with Gasteiger partial charge >= 0.3 is 6.09 Å². The number of hydrogen-bond acceptors (Lipinski definition) is 4. The van der Waals surface area contributed by atoms with Crippen LogP contribution in [0.5, 0.6) is 0 Å². The van der Waals surface area contributed by atoms with Crippen molar-refractivity contribution in [3.05, 3.63) is 71.5 Å². The molecule has 3 rings (SSSR count). The molecule has 0 aliphatic carbocycles. The van der Waals surface area contributed by atoms with Crippen LogP contribution < -0.4 is 5.73 Å². The minimum absolute atomic E-state index is 0. The van der Waals surface area contributed by atoms with Crippen molar-refractivity contribution < 1.29 is 18.7 Å². The molecule has 0 saturated carbocycles. The highest BCUT2D eigenvalue weighted by molar-refractivity contribution is 5.97. The number of carbonyl (C=O) groups is 2. The van der Waals surface area contributed by atoms with E-state index < -0.39 is 12.2 Å². The maximum Gasteiger partial charge on any atom is 0.405 e. The molecule has 2 aromatic rings. The van der Waals surface area contributed by atoms with Gasteiger partial charge in [0.1, 0.15) is 11.9 Å². The molecule has 0 aromatic heterocycles. The first-order valence-corrected chi connectivity index (χ1v) is 9.06. The number of carbonyl (C=O) groups excluding carboxylic acids is 2. The zero-order valence-electron chi connectivity index (χ0n) is 15.4. The van der Waals surface area contributed by atoms with E-state index in [0.717, 1.165) is 18.7 Å². The molecule has 1 aliphatic heterocycles. The summed E-state index contributed by atoms with van der Waals surface area (Å²) < 4.78 is 18.3. The zero-order chi connectivity index (χ0) is 19.2. The van der Waals surface area contributed by atoms with Gasteiger partial charge in [0.05, 0.1) is 0 Å². The molecule has 0 radical (unpaired) electrons. The summed E-state index contributed by atoms with van der Waals surface area (Å²) in [5.74, 6) is -0.357. The van der Waals surface area contributed by atoms with E-state index in [-0.39, 0.29) is 29.9 Å². The fourth-order valence-electron chi connectivity index (χ4n) is 3.48. The number of piperidine rings is 1. The predicted molar refractivity (Wildman–Crippen MR) is 107 cm³/mol. The van der Waals surface area contributed by atoms with Gasteiger partial charge in [-0.05, 0) is 55.8 Å². The first-order valence-electron chi connectivity index (χ1n) is 9.06. The third-order valence-electron chi connectivity index (χ3n) is 4.94. The summed E-state index contributed by atoms with van der Waals surface area (Å²) >= 11 is 0. The van der Waals surface area contributed by atoms with Crippen LogP contribution in [0.2, 0.25) is 0 Å². The van der Waals surface area contributed by atoms with Crippen molar-refractivity contribution in [3.63, 3.8) is 0 Å². The van der Waals surface area contributed by atoms with Crippen molar-refractivity contribution in [3.8, 4) is 0 Å². The molecule has 1 aliphatic rings. The van der Waals surface area contributed by atoms with Crippen molar-refractivity contribution in [2.24, 2.45) is 11.7 Å². The monoisotopic (exact) mass is 406 g/mol. The molecule has 1 fully saturated rings. The van der Waals surface area contributed by atoms with Gasteiger partial charge in [0, 0.05) is 18.0 Å². The largest absolute Gasteiger partial charge is 0.440 e. The predicted octanol–water partition coefficient (Wildman–Crippen LogP) is 3.98. The summed E-state index contributed by atoms with van der Waals surface area (Å²) in [6.45, 7) is 1.98. The molecule has 1 unspecified atom stereocenters. The van der Waals surface area contributed by atoms with E-state index in [1.54, 1.807) is 0 Å². The second-order valence-electron chi connectivity index (χ2n) is 6.78. The highest BCUT2D eigenvalue weighted by Gasteiger charge is 2.28. The molecule has 28 heavy (non-hydrogen) atoms. The Morgan fingerprint density at radius 2 is 1.68 bits per heavy atom. The third kappa shape index (κ3) is 5.78. The Labute approximate surface area is 170 Å². The van der Waals surface area contributed by atoms with Crippen molar-refractivity contribution in [1.29, 1.82) is 0 Å². The lowest BCUT2D eigenvalue weighted by Crippen LogP contribution is -2.39. The second kappa shape index (κ2) is 10.2. The molecule has 150 valence electrons. The van der Waals surface area contributed by atoms with Crippen LogP contribution in [0.25, 0.3) is 0 Å². The molecule has 5 nitrogen and oxygen atoms in total. The number of amides is 1. The smallest absolute Gasteiger partial charge is 0.405 e. The lowest BCUT2D eigenvalue weighted by Gasteiger charge is -2.33. The molecule has 2 N–H and O–H groups in total. The Kier molecular flexibility index (Phi) is 7.96. The van der Waals surface area contributed by atoms with Crippen LogP contribution in [0.3, 0.4) is 0 Å². The Bertz CT molecular complexity index is 778. The highest BCUT2D eigenvalue weighted by Crippen LogP contribution is 2.25. The average molecular weight is 407 g/mol. The molecule has 1 heterocycles. The number of Topliss-reactive ketones (excluding diaryl/α,β-unsaturated/α-hetero) is 1. The maximum atomic E-state index is 13.0. The summed E-state index contributed by atoms with van der Waals surface area (Å²) in [7, 11) is 0. The van der Waals surface area contributed by atoms with E-state index in [1.807, 2.05) is 30.3 Å². The van der Waals surface area contributed by atoms with Crippen LogP contribution in [0.1, 0.15) is 34.9 Å². The Hall–Kier alpha value is -2.44. The van der Waals surface area contributed by atoms with Crippen LogP contribution in [0, 0.1) is 11.7 Å². The SMILES string of the molecule is Cl.NC(=O)OC(CN1CCC(C(=O)c2ccc(F)cc2)CC1)c1ccccc1. The Morgan fingerprint density at radius 1 is 1.07 bits per heavy atom. The number of benzene rings is 2. The molecule has 1 atom stereocenters. The molecule has 1 amide bonds. The van der Waals surface area contributed by atoms with E-state index in [1.165, 1.54) is 24.3 Å². The van der Waals surface area contributed by atoms with Gasteiger partial charge < -0.3 is 10.5 Å². The molecular weight excluding hydrogens is 383 g/mol. The average Bonchev–Trinajstić information content (AvgIpc) is 2.68. The van der Waals surface area contributed by atoms with Crippen LogP contribution >= 0.6 is 12.4 Å². The van der Waals surface area contributed by atoms with Gasteiger partial charge in [-0.15, -0.1) is 12.4 Å². The van der Waals surface area contributed by atoms with E-state index >= 15 is 0 Å². The number of primary amides is 1. The maximum absolute atomic E-state index is 13.0. The molecule has 7 heteroatoms. The van der Waals surface area contributed by atoms with Crippen molar-refractivity contribution in [2.75, 3.05) is 19.6 Å². The standard InChI is InChI=1S/C21H23FN2O3.ClH/c22-18-8-6-16(7-9-18)20(25)17-10-12-24(13-11-17)14-19(27-21(23)26)15-4-2-1-3-5-15;/h1-9,17,19H,10-14H2,(H2,23,26);1H. The first kappa shape index (κ1) is 21.9. The van der Waals surface area contributed by atoms with E-state index in [4.69, 9.17) is 10.5 Å². The molecule has 0 bridgehead atoms. The van der Waals surface area contributed by atoms with Gasteiger partial charge in [0.15, 0.2) is 5.78 Å². The lowest BCUT2D eigenvalue weighted by molar-refractivity contribution is 0.0598. The highest BCUT2D eigenvalue weighted by atomic mass is 35.5. The second-order valence-corrected chi connectivity index (χ2v) is 6.78. The number of ether oxygens (including phenoxy) is 1. The van der Waals surface area contributed by atoms with Crippen molar-refractivity contribution in [1.82, 2.24) is 4.90 Å². The number of hydrogen-bond donors (Lipinski definition) is 1.